The van der Waals surface area contributed by atoms with Crippen molar-refractivity contribution in [2.75, 3.05) is 13.1 Å². The van der Waals surface area contributed by atoms with Gasteiger partial charge in [-0.2, -0.15) is 0 Å². The zero-order valence-electron chi connectivity index (χ0n) is 10.8. The Morgan fingerprint density at radius 2 is 2.00 bits per heavy atom. The van der Waals surface area contributed by atoms with Crippen molar-refractivity contribution in [1.29, 1.82) is 0 Å². The lowest BCUT2D eigenvalue weighted by Gasteiger charge is -2.32. The summed E-state index contributed by atoms with van der Waals surface area (Å²) in [7, 11) is 0. The number of nitrogens with two attached hydrogens (primary N) is 1. The molecule has 3 N–H and O–H groups in total. The first-order valence-electron chi connectivity index (χ1n) is 6.61. The molecule has 0 amide bonds. The van der Waals surface area contributed by atoms with Crippen LogP contribution in [0, 0.1) is 23.7 Å². The van der Waals surface area contributed by atoms with Gasteiger partial charge in [-0.1, -0.05) is 19.8 Å². The van der Waals surface area contributed by atoms with Crippen LogP contribution in [0.1, 0.15) is 46.0 Å². The number of hydrogen-bond acceptors (Lipinski definition) is 2. The highest BCUT2D eigenvalue weighted by atomic mass is 14.9. The molecule has 0 aromatic carbocycles. The fourth-order valence-corrected chi connectivity index (χ4v) is 2.58. The van der Waals surface area contributed by atoms with Crippen molar-refractivity contribution in [3.05, 3.63) is 0 Å². The molecule has 0 saturated heterocycles. The number of rotatable bonds is 5. The predicted octanol–water partition coefficient (Wildman–Crippen LogP) is 2.14. The fourth-order valence-electron chi connectivity index (χ4n) is 2.58. The van der Waals surface area contributed by atoms with Gasteiger partial charge in [0, 0.05) is 25.6 Å². The Morgan fingerprint density at radius 3 is 2.56 bits per heavy atom. The molecule has 0 aliphatic heterocycles. The van der Waals surface area contributed by atoms with Gasteiger partial charge >= 0.3 is 0 Å². The van der Waals surface area contributed by atoms with Gasteiger partial charge in [0.1, 0.15) is 0 Å². The summed E-state index contributed by atoms with van der Waals surface area (Å²) in [5.41, 5.74) is 5.85. The largest absolute Gasteiger partial charge is 0.329 e. The predicted molar refractivity (Wildman–Crippen MR) is 70.0 cm³/mol. The molecule has 0 radical (unpaired) electrons. The van der Waals surface area contributed by atoms with Crippen LogP contribution in [0.15, 0.2) is 0 Å². The Balaban J connectivity index is 2.26. The highest BCUT2D eigenvalue weighted by Gasteiger charge is 2.24. The minimum absolute atomic E-state index is 0.506. The van der Waals surface area contributed by atoms with E-state index in [0.29, 0.717) is 6.04 Å². The van der Waals surface area contributed by atoms with Crippen molar-refractivity contribution in [1.82, 2.24) is 5.32 Å². The van der Waals surface area contributed by atoms with E-state index in [1.807, 2.05) is 6.92 Å². The van der Waals surface area contributed by atoms with Crippen LogP contribution < -0.4 is 11.1 Å². The van der Waals surface area contributed by atoms with E-state index in [9.17, 15) is 0 Å². The van der Waals surface area contributed by atoms with Gasteiger partial charge in [-0.15, -0.1) is 11.8 Å². The van der Waals surface area contributed by atoms with E-state index in [1.54, 1.807) is 0 Å². The van der Waals surface area contributed by atoms with Crippen molar-refractivity contribution >= 4 is 0 Å². The Bertz CT molecular complexity index is 231. The van der Waals surface area contributed by atoms with Gasteiger partial charge < -0.3 is 11.1 Å². The third-order valence-corrected chi connectivity index (χ3v) is 3.72. The van der Waals surface area contributed by atoms with Gasteiger partial charge in [0.15, 0.2) is 0 Å². The molecule has 0 aromatic rings. The Hall–Kier alpha value is -0.520. The van der Waals surface area contributed by atoms with Crippen LogP contribution in [0.3, 0.4) is 0 Å². The molecule has 1 saturated carbocycles. The number of hydrogen-bond donors (Lipinski definition) is 2. The zero-order valence-corrected chi connectivity index (χ0v) is 10.8. The van der Waals surface area contributed by atoms with Crippen LogP contribution in [-0.4, -0.2) is 19.1 Å². The number of nitrogens with one attached hydrogen (secondary N) is 1. The molecule has 0 bridgehead atoms. The molecule has 1 fully saturated rings. The van der Waals surface area contributed by atoms with Crippen LogP contribution in [0.2, 0.25) is 0 Å². The fraction of sp³-hybridized carbons (Fsp3) is 0.857. The summed E-state index contributed by atoms with van der Waals surface area (Å²) in [6.45, 7) is 5.99. The zero-order chi connectivity index (χ0) is 11.8. The molecule has 0 heterocycles. The molecular formula is C14H26N2. The topological polar surface area (TPSA) is 38.0 Å². The standard InChI is InChI=1S/C14H26N2/c1-3-4-5-10-16-14(11-15)13-8-6-12(2)7-9-13/h12-14,16H,5-11,15H2,1-2H3. The van der Waals surface area contributed by atoms with Crippen molar-refractivity contribution in [2.45, 2.75) is 52.0 Å². The quantitative estimate of drug-likeness (QED) is 0.552. The maximum atomic E-state index is 5.85. The Kier molecular flexibility index (Phi) is 6.52. The minimum atomic E-state index is 0.506. The van der Waals surface area contributed by atoms with Crippen molar-refractivity contribution in [3.8, 4) is 11.8 Å². The van der Waals surface area contributed by atoms with E-state index in [4.69, 9.17) is 5.73 Å². The van der Waals surface area contributed by atoms with Crippen molar-refractivity contribution in [2.24, 2.45) is 17.6 Å². The Labute approximate surface area is 100 Å². The van der Waals surface area contributed by atoms with E-state index >= 15 is 0 Å². The third kappa shape index (κ3) is 4.55. The molecule has 0 aromatic heterocycles. The highest BCUT2D eigenvalue weighted by molar-refractivity contribution is 4.95. The normalized spacial score (nSPS) is 26.9. The summed E-state index contributed by atoms with van der Waals surface area (Å²) in [4.78, 5) is 0. The second-order valence-electron chi connectivity index (χ2n) is 4.99. The SMILES string of the molecule is CC#CCCNC(CN)C1CCC(C)CC1. The molecule has 1 unspecified atom stereocenters. The van der Waals surface area contributed by atoms with Gasteiger partial charge in [-0.05, 0) is 31.6 Å². The van der Waals surface area contributed by atoms with Gasteiger partial charge in [0.2, 0.25) is 0 Å². The summed E-state index contributed by atoms with van der Waals surface area (Å²) in [5.74, 6) is 7.71. The van der Waals surface area contributed by atoms with Gasteiger partial charge in [-0.3, -0.25) is 0 Å². The molecule has 1 rings (SSSR count). The van der Waals surface area contributed by atoms with Gasteiger partial charge in [-0.25, -0.2) is 0 Å². The van der Waals surface area contributed by atoms with Crippen LogP contribution >= 0.6 is 0 Å². The van der Waals surface area contributed by atoms with Gasteiger partial charge in [0.05, 0.1) is 0 Å². The van der Waals surface area contributed by atoms with E-state index in [0.717, 1.165) is 31.3 Å². The van der Waals surface area contributed by atoms with Crippen molar-refractivity contribution in [3.63, 3.8) is 0 Å². The molecule has 1 aliphatic rings. The molecule has 1 atom stereocenters. The van der Waals surface area contributed by atoms with Crippen LogP contribution in [0.5, 0.6) is 0 Å². The lowest BCUT2D eigenvalue weighted by molar-refractivity contribution is 0.234. The summed E-state index contributed by atoms with van der Waals surface area (Å²) < 4.78 is 0. The summed E-state index contributed by atoms with van der Waals surface area (Å²) in [5, 5.41) is 3.56. The van der Waals surface area contributed by atoms with Crippen LogP contribution in [0.25, 0.3) is 0 Å². The Morgan fingerprint density at radius 1 is 1.31 bits per heavy atom. The lowest BCUT2D eigenvalue weighted by Crippen LogP contribution is -2.43. The monoisotopic (exact) mass is 222 g/mol. The molecule has 0 spiro atoms. The van der Waals surface area contributed by atoms with E-state index in [1.165, 1.54) is 25.7 Å². The van der Waals surface area contributed by atoms with Crippen molar-refractivity contribution < 1.29 is 0 Å². The van der Waals surface area contributed by atoms with E-state index in [-0.39, 0.29) is 0 Å². The average Bonchev–Trinajstić information content (AvgIpc) is 2.31. The summed E-state index contributed by atoms with van der Waals surface area (Å²) in [6, 6.07) is 0.506. The summed E-state index contributed by atoms with van der Waals surface area (Å²) >= 11 is 0. The molecule has 1 aliphatic carbocycles. The molecule has 2 heteroatoms. The van der Waals surface area contributed by atoms with E-state index < -0.39 is 0 Å². The third-order valence-electron chi connectivity index (χ3n) is 3.72. The second-order valence-corrected chi connectivity index (χ2v) is 4.99. The van der Waals surface area contributed by atoms with Crippen LogP contribution in [-0.2, 0) is 0 Å². The molecular weight excluding hydrogens is 196 g/mol. The van der Waals surface area contributed by atoms with E-state index in [2.05, 4.69) is 24.1 Å². The summed E-state index contributed by atoms with van der Waals surface area (Å²) in [6.07, 6.45) is 6.37. The minimum Gasteiger partial charge on any atom is -0.329 e. The van der Waals surface area contributed by atoms with Gasteiger partial charge in [0.25, 0.3) is 0 Å². The first-order valence-corrected chi connectivity index (χ1v) is 6.61. The maximum absolute atomic E-state index is 5.85. The van der Waals surface area contributed by atoms with Crippen LogP contribution in [0.4, 0.5) is 0 Å². The second kappa shape index (κ2) is 7.70. The molecule has 16 heavy (non-hydrogen) atoms. The first-order chi connectivity index (χ1) is 7.77. The first kappa shape index (κ1) is 13.5. The average molecular weight is 222 g/mol. The maximum Gasteiger partial charge on any atom is 0.0218 e. The lowest BCUT2D eigenvalue weighted by atomic mass is 9.79. The molecule has 2 nitrogen and oxygen atoms in total. The smallest absolute Gasteiger partial charge is 0.0218 e. The highest BCUT2D eigenvalue weighted by Crippen LogP contribution is 2.30. The molecule has 92 valence electrons.